The molecule has 1 aliphatic rings. The third kappa shape index (κ3) is 2.18. The summed E-state index contributed by atoms with van der Waals surface area (Å²) in [5, 5.41) is 7.72. The number of thioether (sulfide) groups is 1. The molecular weight excluding hydrogens is 182 g/mol. The number of nitrogens with one attached hydrogen (secondary N) is 1. The summed E-state index contributed by atoms with van der Waals surface area (Å²) in [7, 11) is 0. The summed E-state index contributed by atoms with van der Waals surface area (Å²) in [5.41, 5.74) is 1.16. The van der Waals surface area contributed by atoms with Crippen molar-refractivity contribution in [1.29, 1.82) is 0 Å². The van der Waals surface area contributed by atoms with E-state index in [1.807, 2.05) is 22.6 Å². The lowest BCUT2D eigenvalue weighted by Crippen LogP contribution is -2.17. The molecule has 0 amide bonds. The van der Waals surface area contributed by atoms with Gasteiger partial charge >= 0.3 is 0 Å². The molecule has 0 bridgehead atoms. The maximum Gasteiger partial charge on any atom is 0.0728 e. The average molecular weight is 197 g/mol. The first-order chi connectivity index (χ1) is 6.38. The van der Waals surface area contributed by atoms with E-state index in [0.29, 0.717) is 6.04 Å². The molecule has 0 spiro atoms. The van der Waals surface area contributed by atoms with Crippen molar-refractivity contribution in [3.63, 3.8) is 0 Å². The average Bonchev–Trinajstić information content (AvgIpc) is 2.76. The molecule has 1 saturated heterocycles. The number of aromatic nitrogens is 2. The van der Waals surface area contributed by atoms with Gasteiger partial charge in [0, 0.05) is 24.5 Å². The van der Waals surface area contributed by atoms with Gasteiger partial charge in [-0.05, 0) is 19.1 Å². The predicted molar refractivity (Wildman–Crippen MR) is 57.3 cm³/mol. The number of nitrogens with zero attached hydrogens (tertiary/aromatic N) is 2. The molecule has 0 radical (unpaired) electrons. The lowest BCUT2D eigenvalue weighted by Gasteiger charge is -2.09. The summed E-state index contributed by atoms with van der Waals surface area (Å²) in [4.78, 5) is 0. The Bertz CT molecular complexity index is 266. The van der Waals surface area contributed by atoms with E-state index in [1.165, 1.54) is 17.9 Å². The van der Waals surface area contributed by atoms with Crippen LogP contribution in [0.2, 0.25) is 0 Å². The topological polar surface area (TPSA) is 29.9 Å². The van der Waals surface area contributed by atoms with Crippen LogP contribution in [0.1, 0.15) is 13.3 Å². The van der Waals surface area contributed by atoms with Gasteiger partial charge in [-0.25, -0.2) is 0 Å². The fourth-order valence-electron chi connectivity index (χ4n) is 1.50. The van der Waals surface area contributed by atoms with Crippen LogP contribution in [0.5, 0.6) is 0 Å². The normalized spacial score (nSPS) is 22.1. The number of rotatable bonds is 3. The monoisotopic (exact) mass is 197 g/mol. The van der Waals surface area contributed by atoms with Crippen molar-refractivity contribution >= 4 is 17.4 Å². The summed E-state index contributed by atoms with van der Waals surface area (Å²) in [6, 6.07) is 0.652. The Hall–Kier alpha value is -0.640. The van der Waals surface area contributed by atoms with Gasteiger partial charge in [0.15, 0.2) is 0 Å². The standard InChI is InChI=1S/C9H15N3S/c1-2-12-6-9(5-10-12)11-8-3-4-13-7-8/h5-6,8,11H,2-4,7H2,1H3/t8-/m1/s1. The van der Waals surface area contributed by atoms with Gasteiger partial charge in [0.05, 0.1) is 11.9 Å². The minimum atomic E-state index is 0.652. The SMILES string of the molecule is CCn1cc(N[C@@H]2CCSC2)cn1. The Kier molecular flexibility index (Phi) is 2.78. The van der Waals surface area contributed by atoms with Crippen LogP contribution < -0.4 is 5.32 Å². The maximum absolute atomic E-state index is 4.22. The van der Waals surface area contributed by atoms with E-state index < -0.39 is 0 Å². The van der Waals surface area contributed by atoms with E-state index in [1.54, 1.807) is 0 Å². The van der Waals surface area contributed by atoms with Crippen molar-refractivity contribution < 1.29 is 0 Å². The van der Waals surface area contributed by atoms with Gasteiger partial charge in [0.1, 0.15) is 0 Å². The largest absolute Gasteiger partial charge is 0.379 e. The smallest absolute Gasteiger partial charge is 0.0728 e. The highest BCUT2D eigenvalue weighted by Crippen LogP contribution is 2.20. The third-order valence-electron chi connectivity index (χ3n) is 2.26. The highest BCUT2D eigenvalue weighted by Gasteiger charge is 2.15. The maximum atomic E-state index is 4.22. The minimum Gasteiger partial charge on any atom is -0.379 e. The van der Waals surface area contributed by atoms with Crippen molar-refractivity contribution in [3.8, 4) is 0 Å². The summed E-state index contributed by atoms with van der Waals surface area (Å²) >= 11 is 2.02. The van der Waals surface area contributed by atoms with Crippen LogP contribution in [0.15, 0.2) is 12.4 Å². The zero-order chi connectivity index (χ0) is 9.10. The number of aryl methyl sites for hydroxylation is 1. The second-order valence-electron chi connectivity index (χ2n) is 3.29. The van der Waals surface area contributed by atoms with Gasteiger partial charge in [-0.2, -0.15) is 16.9 Å². The first-order valence-electron chi connectivity index (χ1n) is 4.75. The molecule has 4 heteroatoms. The molecule has 72 valence electrons. The zero-order valence-corrected chi connectivity index (χ0v) is 8.68. The van der Waals surface area contributed by atoms with Gasteiger partial charge in [-0.1, -0.05) is 0 Å². The molecule has 2 rings (SSSR count). The second-order valence-corrected chi connectivity index (χ2v) is 4.44. The summed E-state index contributed by atoms with van der Waals surface area (Å²) in [5.74, 6) is 2.52. The Balaban J connectivity index is 1.92. The Morgan fingerprint density at radius 2 is 2.69 bits per heavy atom. The van der Waals surface area contributed by atoms with Crippen molar-refractivity contribution in [2.45, 2.75) is 25.9 Å². The first-order valence-corrected chi connectivity index (χ1v) is 5.90. The second kappa shape index (κ2) is 4.05. The Labute approximate surface area is 82.9 Å². The van der Waals surface area contributed by atoms with Crippen molar-refractivity contribution in [3.05, 3.63) is 12.4 Å². The molecule has 1 aromatic rings. The third-order valence-corrected chi connectivity index (χ3v) is 3.42. The van der Waals surface area contributed by atoms with Crippen LogP contribution in [-0.4, -0.2) is 27.3 Å². The van der Waals surface area contributed by atoms with Crippen molar-refractivity contribution in [1.82, 2.24) is 9.78 Å². The molecule has 0 aromatic carbocycles. The van der Waals surface area contributed by atoms with E-state index in [9.17, 15) is 0 Å². The van der Waals surface area contributed by atoms with Crippen LogP contribution in [0.4, 0.5) is 5.69 Å². The highest BCUT2D eigenvalue weighted by atomic mass is 32.2. The summed E-state index contributed by atoms with van der Waals surface area (Å²) in [6.45, 7) is 3.04. The Morgan fingerprint density at radius 1 is 1.77 bits per heavy atom. The first kappa shape index (κ1) is 8.94. The number of hydrogen-bond donors (Lipinski definition) is 1. The molecule has 1 atom stereocenters. The van der Waals surface area contributed by atoms with Gasteiger partial charge in [-0.3, -0.25) is 4.68 Å². The molecule has 0 unspecified atom stereocenters. The van der Waals surface area contributed by atoms with E-state index in [0.717, 1.165) is 12.2 Å². The zero-order valence-electron chi connectivity index (χ0n) is 7.86. The van der Waals surface area contributed by atoms with Crippen LogP contribution >= 0.6 is 11.8 Å². The van der Waals surface area contributed by atoms with Crippen LogP contribution in [0.3, 0.4) is 0 Å². The molecule has 13 heavy (non-hydrogen) atoms. The quantitative estimate of drug-likeness (QED) is 0.801. The fraction of sp³-hybridized carbons (Fsp3) is 0.667. The predicted octanol–water partition coefficient (Wildman–Crippen LogP) is 1.82. The lowest BCUT2D eigenvalue weighted by atomic mass is 10.2. The van der Waals surface area contributed by atoms with Gasteiger partial charge < -0.3 is 5.32 Å². The number of hydrogen-bond acceptors (Lipinski definition) is 3. The molecule has 0 aliphatic carbocycles. The minimum absolute atomic E-state index is 0.652. The molecule has 1 fully saturated rings. The van der Waals surface area contributed by atoms with Crippen molar-refractivity contribution in [2.24, 2.45) is 0 Å². The number of anilines is 1. The van der Waals surface area contributed by atoms with E-state index in [-0.39, 0.29) is 0 Å². The molecule has 3 nitrogen and oxygen atoms in total. The summed E-state index contributed by atoms with van der Waals surface area (Å²) in [6.07, 6.45) is 5.26. The van der Waals surface area contributed by atoms with Crippen LogP contribution in [-0.2, 0) is 6.54 Å². The van der Waals surface area contributed by atoms with Crippen LogP contribution in [0, 0.1) is 0 Å². The molecule has 1 aliphatic heterocycles. The molecule has 1 N–H and O–H groups in total. The molecule has 2 heterocycles. The summed E-state index contributed by atoms with van der Waals surface area (Å²) < 4.78 is 1.95. The van der Waals surface area contributed by atoms with E-state index in [4.69, 9.17) is 0 Å². The molecular formula is C9H15N3S. The van der Waals surface area contributed by atoms with Gasteiger partial charge in [0.2, 0.25) is 0 Å². The Morgan fingerprint density at radius 3 is 3.31 bits per heavy atom. The molecule has 1 aromatic heterocycles. The van der Waals surface area contributed by atoms with Gasteiger partial charge in [-0.15, -0.1) is 0 Å². The molecule has 0 saturated carbocycles. The van der Waals surface area contributed by atoms with Crippen molar-refractivity contribution in [2.75, 3.05) is 16.8 Å². The van der Waals surface area contributed by atoms with E-state index in [2.05, 4.69) is 23.5 Å². The highest BCUT2D eigenvalue weighted by molar-refractivity contribution is 7.99. The fourth-order valence-corrected chi connectivity index (χ4v) is 2.65. The van der Waals surface area contributed by atoms with Gasteiger partial charge in [0.25, 0.3) is 0 Å². The van der Waals surface area contributed by atoms with E-state index >= 15 is 0 Å². The lowest BCUT2D eigenvalue weighted by molar-refractivity contribution is 0.660. The van der Waals surface area contributed by atoms with Crippen LogP contribution in [0.25, 0.3) is 0 Å².